The first-order valence-electron chi connectivity index (χ1n) is 8.17. The van der Waals surface area contributed by atoms with E-state index in [1.54, 1.807) is 24.3 Å². The average Bonchev–Trinajstić information content (AvgIpc) is 2.63. The molecule has 0 aliphatic rings. The van der Waals surface area contributed by atoms with Crippen LogP contribution in [0.4, 0.5) is 18.9 Å². The predicted octanol–water partition coefficient (Wildman–Crippen LogP) is 3.25. The first-order valence-corrected chi connectivity index (χ1v) is 8.17. The van der Waals surface area contributed by atoms with E-state index in [1.165, 1.54) is 24.0 Å². The maximum atomic E-state index is 12.8. The molecule has 27 heavy (non-hydrogen) atoms. The van der Waals surface area contributed by atoms with Crippen LogP contribution in [-0.2, 0) is 15.8 Å². The van der Waals surface area contributed by atoms with Crippen molar-refractivity contribution < 1.29 is 27.5 Å². The van der Waals surface area contributed by atoms with Gasteiger partial charge in [-0.1, -0.05) is 24.3 Å². The van der Waals surface area contributed by atoms with Gasteiger partial charge in [-0.2, -0.15) is 13.2 Å². The minimum absolute atomic E-state index is 0.0354. The number of nitrogens with one attached hydrogen (secondary N) is 1. The highest BCUT2D eigenvalue weighted by Gasteiger charge is 2.31. The summed E-state index contributed by atoms with van der Waals surface area (Å²) in [5.41, 5.74) is -0.723. The molecule has 144 valence electrons. The highest BCUT2D eigenvalue weighted by atomic mass is 19.4. The number of carbonyl (C=O) groups excluding carboxylic acids is 2. The lowest BCUT2D eigenvalue weighted by Crippen LogP contribution is -2.39. The van der Waals surface area contributed by atoms with Gasteiger partial charge in [-0.15, -0.1) is 0 Å². The van der Waals surface area contributed by atoms with Crippen LogP contribution in [-0.4, -0.2) is 31.5 Å². The molecule has 0 bridgehead atoms. The molecule has 2 amide bonds. The SMILES string of the molecule is CC(=O)N(CCNC(=O)COc1ccccc1)c1cccc(C(F)(F)F)c1. The highest BCUT2D eigenvalue weighted by Crippen LogP contribution is 2.31. The standard InChI is InChI=1S/C19H19F3N2O3/c1-14(25)24(16-7-5-6-15(12-16)19(20,21)22)11-10-23-18(26)13-27-17-8-3-2-4-9-17/h2-9,12H,10-11,13H2,1H3,(H,23,26). The fourth-order valence-electron chi connectivity index (χ4n) is 2.34. The molecule has 0 aliphatic heterocycles. The fraction of sp³-hybridized carbons (Fsp3) is 0.263. The van der Waals surface area contributed by atoms with Crippen LogP contribution >= 0.6 is 0 Å². The lowest BCUT2D eigenvalue weighted by atomic mass is 10.2. The van der Waals surface area contributed by atoms with E-state index in [2.05, 4.69) is 5.32 Å². The summed E-state index contributed by atoms with van der Waals surface area (Å²) in [4.78, 5) is 24.8. The van der Waals surface area contributed by atoms with Gasteiger partial charge in [0.05, 0.1) is 5.56 Å². The number of hydrogen-bond donors (Lipinski definition) is 1. The van der Waals surface area contributed by atoms with Crippen LogP contribution in [0.5, 0.6) is 5.75 Å². The molecule has 0 spiro atoms. The molecular formula is C19H19F3N2O3. The summed E-state index contributed by atoms with van der Waals surface area (Å²) in [5, 5.41) is 2.57. The molecule has 0 aromatic heterocycles. The topological polar surface area (TPSA) is 58.6 Å². The van der Waals surface area contributed by atoms with E-state index in [0.29, 0.717) is 5.75 Å². The molecule has 2 rings (SSSR count). The van der Waals surface area contributed by atoms with E-state index >= 15 is 0 Å². The van der Waals surface area contributed by atoms with Crippen LogP contribution in [0.15, 0.2) is 54.6 Å². The molecule has 1 N–H and O–H groups in total. The zero-order valence-electron chi connectivity index (χ0n) is 14.6. The van der Waals surface area contributed by atoms with E-state index in [-0.39, 0.29) is 25.4 Å². The maximum absolute atomic E-state index is 12.8. The summed E-state index contributed by atoms with van der Waals surface area (Å²) in [5.74, 6) is -0.280. The molecule has 0 saturated heterocycles. The molecule has 0 aliphatic carbocycles. The summed E-state index contributed by atoms with van der Waals surface area (Å²) >= 11 is 0. The Bertz CT molecular complexity index is 779. The molecule has 0 radical (unpaired) electrons. The first-order chi connectivity index (χ1) is 12.8. The zero-order valence-corrected chi connectivity index (χ0v) is 14.6. The largest absolute Gasteiger partial charge is 0.484 e. The van der Waals surface area contributed by atoms with Crippen molar-refractivity contribution in [3.8, 4) is 5.75 Å². The summed E-state index contributed by atoms with van der Waals surface area (Å²) in [7, 11) is 0. The molecule has 2 aromatic rings. The zero-order chi connectivity index (χ0) is 19.9. The van der Waals surface area contributed by atoms with Crippen LogP contribution in [0.25, 0.3) is 0 Å². The number of benzene rings is 2. The number of ether oxygens (including phenoxy) is 1. The lowest BCUT2D eigenvalue weighted by molar-refractivity contribution is -0.137. The lowest BCUT2D eigenvalue weighted by Gasteiger charge is -2.22. The second kappa shape index (κ2) is 9.07. The Morgan fingerprint density at radius 3 is 2.41 bits per heavy atom. The molecule has 8 heteroatoms. The molecule has 0 fully saturated rings. The van der Waals surface area contributed by atoms with Gasteiger partial charge in [0.2, 0.25) is 5.91 Å². The first kappa shape index (κ1) is 20.3. The van der Waals surface area contributed by atoms with Crippen molar-refractivity contribution in [2.75, 3.05) is 24.6 Å². The minimum atomic E-state index is -4.50. The van der Waals surface area contributed by atoms with E-state index in [1.807, 2.05) is 6.07 Å². The Kier molecular flexibility index (Phi) is 6.81. The van der Waals surface area contributed by atoms with Crippen molar-refractivity contribution in [3.63, 3.8) is 0 Å². The molecule has 0 unspecified atom stereocenters. The van der Waals surface area contributed by atoms with E-state index < -0.39 is 23.6 Å². The highest BCUT2D eigenvalue weighted by molar-refractivity contribution is 5.91. The van der Waals surface area contributed by atoms with E-state index in [0.717, 1.165) is 12.1 Å². The van der Waals surface area contributed by atoms with Crippen LogP contribution in [0.3, 0.4) is 0 Å². The molecule has 2 aromatic carbocycles. The number of anilines is 1. The fourth-order valence-corrected chi connectivity index (χ4v) is 2.34. The van der Waals surface area contributed by atoms with Crippen molar-refractivity contribution in [2.45, 2.75) is 13.1 Å². The third-order valence-corrected chi connectivity index (χ3v) is 3.64. The smallest absolute Gasteiger partial charge is 0.416 e. The van der Waals surface area contributed by atoms with Crippen LogP contribution in [0.2, 0.25) is 0 Å². The molecular weight excluding hydrogens is 361 g/mol. The molecule has 0 atom stereocenters. The monoisotopic (exact) mass is 380 g/mol. The number of nitrogens with zero attached hydrogens (tertiary/aromatic N) is 1. The van der Waals surface area contributed by atoms with Crippen LogP contribution < -0.4 is 15.0 Å². The summed E-state index contributed by atoms with van der Waals surface area (Å²) in [6, 6.07) is 13.3. The Balaban J connectivity index is 1.89. The molecule has 5 nitrogen and oxygen atoms in total. The number of rotatable bonds is 7. The van der Waals surface area contributed by atoms with E-state index in [9.17, 15) is 22.8 Å². The number of hydrogen-bond acceptors (Lipinski definition) is 3. The van der Waals surface area contributed by atoms with Crippen molar-refractivity contribution in [3.05, 3.63) is 60.2 Å². The van der Waals surface area contributed by atoms with Gasteiger partial charge in [-0.3, -0.25) is 9.59 Å². The van der Waals surface area contributed by atoms with Gasteiger partial charge in [0.25, 0.3) is 5.91 Å². The normalized spacial score (nSPS) is 11.0. The van der Waals surface area contributed by atoms with Gasteiger partial charge < -0.3 is 15.0 Å². The van der Waals surface area contributed by atoms with Crippen molar-refractivity contribution in [1.82, 2.24) is 5.32 Å². The molecule has 0 heterocycles. The van der Waals surface area contributed by atoms with Crippen molar-refractivity contribution in [2.24, 2.45) is 0 Å². The Labute approximate surface area is 154 Å². The molecule has 0 saturated carbocycles. The number of amides is 2. The average molecular weight is 380 g/mol. The number of halogens is 3. The van der Waals surface area contributed by atoms with Crippen LogP contribution in [0.1, 0.15) is 12.5 Å². The predicted molar refractivity (Wildman–Crippen MR) is 94.4 cm³/mol. The summed E-state index contributed by atoms with van der Waals surface area (Å²) < 4.78 is 43.8. The minimum Gasteiger partial charge on any atom is -0.484 e. The van der Waals surface area contributed by atoms with Gasteiger partial charge in [0.15, 0.2) is 6.61 Å². The van der Waals surface area contributed by atoms with Crippen molar-refractivity contribution in [1.29, 1.82) is 0 Å². The number of alkyl halides is 3. The quantitative estimate of drug-likeness (QED) is 0.802. The van der Waals surface area contributed by atoms with Crippen molar-refractivity contribution >= 4 is 17.5 Å². The Hall–Kier alpha value is -3.03. The van der Waals surface area contributed by atoms with Gasteiger partial charge in [0.1, 0.15) is 5.75 Å². The summed E-state index contributed by atoms with van der Waals surface area (Å²) in [6.45, 7) is 1.16. The maximum Gasteiger partial charge on any atom is 0.416 e. The van der Waals surface area contributed by atoms with Gasteiger partial charge >= 0.3 is 6.18 Å². The second-order valence-electron chi connectivity index (χ2n) is 5.67. The van der Waals surface area contributed by atoms with E-state index in [4.69, 9.17) is 4.74 Å². The van der Waals surface area contributed by atoms with Gasteiger partial charge in [0, 0.05) is 25.7 Å². The Morgan fingerprint density at radius 1 is 1.07 bits per heavy atom. The van der Waals surface area contributed by atoms with Gasteiger partial charge in [-0.05, 0) is 30.3 Å². The third-order valence-electron chi connectivity index (χ3n) is 3.64. The number of para-hydroxylation sites is 1. The van der Waals surface area contributed by atoms with Gasteiger partial charge in [-0.25, -0.2) is 0 Å². The summed E-state index contributed by atoms with van der Waals surface area (Å²) in [6.07, 6.45) is -4.50. The second-order valence-corrected chi connectivity index (χ2v) is 5.67. The number of carbonyl (C=O) groups is 2. The Morgan fingerprint density at radius 2 is 1.78 bits per heavy atom. The van der Waals surface area contributed by atoms with Crippen LogP contribution in [0, 0.1) is 0 Å². The third kappa shape index (κ3) is 6.32.